The molecule has 0 spiro atoms. The van der Waals surface area contributed by atoms with Crippen LogP contribution < -0.4 is 0 Å². The molecule has 0 N–H and O–H groups in total. The molecule has 0 radical (unpaired) electrons. The monoisotopic (exact) mass is 370 g/mol. The fraction of sp³-hybridized carbons (Fsp3) is 0. The van der Waals surface area contributed by atoms with Gasteiger partial charge in [0.1, 0.15) is 17.5 Å². The molecule has 21 heavy (non-hydrogen) atoms. The number of hydrogen-bond acceptors (Lipinski definition) is 2. The number of hydrogen-bond donors (Lipinski definition) is 0. The lowest BCUT2D eigenvalue weighted by molar-refractivity contribution is 0.103. The van der Waals surface area contributed by atoms with Crippen molar-refractivity contribution in [3.63, 3.8) is 0 Å². The molecule has 0 fully saturated rings. The van der Waals surface area contributed by atoms with Crippen molar-refractivity contribution < 1.29 is 18.0 Å². The molecule has 0 bridgehead atoms. The number of ketones is 1. The average Bonchev–Trinajstić information content (AvgIpc) is 2.82. The zero-order chi connectivity index (χ0) is 15.1. The molecular weight excluding hydrogens is 365 g/mol. The molecule has 0 atom stereocenters. The summed E-state index contributed by atoms with van der Waals surface area (Å²) in [4.78, 5) is 12.4. The molecule has 3 rings (SSSR count). The summed E-state index contributed by atoms with van der Waals surface area (Å²) in [6.45, 7) is 0. The third kappa shape index (κ3) is 2.38. The number of rotatable bonds is 2. The molecule has 1 heterocycles. The van der Waals surface area contributed by atoms with Gasteiger partial charge in [0.2, 0.25) is 0 Å². The molecule has 1 nitrogen and oxygen atoms in total. The van der Waals surface area contributed by atoms with Crippen molar-refractivity contribution >= 4 is 43.1 Å². The molecule has 106 valence electrons. The first kappa shape index (κ1) is 14.3. The van der Waals surface area contributed by atoms with Gasteiger partial charge in [-0.3, -0.25) is 4.79 Å². The topological polar surface area (TPSA) is 17.1 Å². The number of thiophene rings is 1. The zero-order valence-electron chi connectivity index (χ0n) is 10.3. The first-order chi connectivity index (χ1) is 9.99. The minimum absolute atomic E-state index is 0.195. The molecule has 0 amide bonds. The Morgan fingerprint density at radius 2 is 1.76 bits per heavy atom. The average molecular weight is 371 g/mol. The van der Waals surface area contributed by atoms with E-state index in [9.17, 15) is 18.0 Å². The highest BCUT2D eigenvalue weighted by atomic mass is 79.9. The maximum Gasteiger partial charge on any atom is 0.200 e. The van der Waals surface area contributed by atoms with Crippen molar-refractivity contribution in [2.45, 2.75) is 0 Å². The van der Waals surface area contributed by atoms with Gasteiger partial charge in [-0.2, -0.15) is 0 Å². The molecule has 0 aliphatic carbocycles. The second kappa shape index (κ2) is 5.27. The van der Waals surface area contributed by atoms with Gasteiger partial charge in [-0.05, 0) is 22.0 Å². The third-order valence-electron chi connectivity index (χ3n) is 3.03. The summed E-state index contributed by atoms with van der Waals surface area (Å²) in [5.74, 6) is -4.26. The van der Waals surface area contributed by atoms with Crippen LogP contribution in [-0.4, -0.2) is 5.78 Å². The van der Waals surface area contributed by atoms with Crippen molar-refractivity contribution in [1.82, 2.24) is 0 Å². The lowest BCUT2D eigenvalue weighted by atomic mass is 10.0. The van der Waals surface area contributed by atoms with Crippen LogP contribution in [0.5, 0.6) is 0 Å². The van der Waals surface area contributed by atoms with E-state index in [1.54, 1.807) is 17.5 Å². The molecule has 6 heteroatoms. The van der Waals surface area contributed by atoms with Crippen LogP contribution in [0.2, 0.25) is 0 Å². The summed E-state index contributed by atoms with van der Waals surface area (Å²) in [7, 11) is 0. The highest BCUT2D eigenvalue weighted by Gasteiger charge is 2.23. The van der Waals surface area contributed by atoms with Gasteiger partial charge in [0.15, 0.2) is 5.78 Å². The molecule has 0 saturated heterocycles. The summed E-state index contributed by atoms with van der Waals surface area (Å²) >= 11 is 4.65. The number of halogens is 4. The maximum atomic E-state index is 13.7. The van der Waals surface area contributed by atoms with E-state index in [0.717, 1.165) is 9.17 Å². The van der Waals surface area contributed by atoms with E-state index >= 15 is 0 Å². The first-order valence-electron chi connectivity index (χ1n) is 5.84. The van der Waals surface area contributed by atoms with Crippen molar-refractivity contribution in [2.75, 3.05) is 0 Å². The summed E-state index contributed by atoms with van der Waals surface area (Å²) < 4.78 is 42.0. The van der Waals surface area contributed by atoms with E-state index in [0.29, 0.717) is 17.5 Å². The Morgan fingerprint density at radius 1 is 1.10 bits per heavy atom. The zero-order valence-corrected chi connectivity index (χ0v) is 12.7. The Morgan fingerprint density at radius 3 is 2.43 bits per heavy atom. The van der Waals surface area contributed by atoms with Crippen LogP contribution in [0.25, 0.3) is 10.1 Å². The molecule has 3 aromatic rings. The van der Waals surface area contributed by atoms with Gasteiger partial charge >= 0.3 is 0 Å². The van der Waals surface area contributed by atoms with Crippen LogP contribution in [0.3, 0.4) is 0 Å². The van der Waals surface area contributed by atoms with Gasteiger partial charge in [-0.25, -0.2) is 13.2 Å². The Balaban J connectivity index is 2.20. The minimum atomic E-state index is -1.20. The van der Waals surface area contributed by atoms with Gasteiger partial charge in [-0.1, -0.05) is 12.1 Å². The van der Waals surface area contributed by atoms with E-state index in [4.69, 9.17) is 0 Å². The van der Waals surface area contributed by atoms with Crippen LogP contribution in [0.4, 0.5) is 13.2 Å². The van der Waals surface area contributed by atoms with E-state index in [1.807, 2.05) is 6.07 Å². The standard InChI is InChI=1S/C15H6BrF3OS/c16-10-3-1-2-8-9(6-21-15(8)10)14(20)13-11(18)4-7(17)5-12(13)19/h1-6H. The highest BCUT2D eigenvalue weighted by Crippen LogP contribution is 2.34. The van der Waals surface area contributed by atoms with E-state index in [-0.39, 0.29) is 5.56 Å². The van der Waals surface area contributed by atoms with Crippen LogP contribution >= 0.6 is 27.3 Å². The number of fused-ring (bicyclic) bond motifs is 1. The van der Waals surface area contributed by atoms with Gasteiger partial charge < -0.3 is 0 Å². The second-order valence-electron chi connectivity index (χ2n) is 4.34. The van der Waals surface area contributed by atoms with Crippen molar-refractivity contribution in [3.05, 3.63) is 68.8 Å². The fourth-order valence-corrected chi connectivity index (χ4v) is 3.69. The molecule has 0 unspecified atom stereocenters. The van der Waals surface area contributed by atoms with Gasteiger partial charge in [0.25, 0.3) is 0 Å². The molecular formula is C15H6BrF3OS. The normalized spacial score (nSPS) is 11.0. The molecule has 0 aliphatic rings. The quantitative estimate of drug-likeness (QED) is 0.558. The Hall–Kier alpha value is -1.66. The first-order valence-corrected chi connectivity index (χ1v) is 7.51. The Kier molecular flexibility index (Phi) is 3.59. The number of benzene rings is 2. The van der Waals surface area contributed by atoms with Crippen LogP contribution in [-0.2, 0) is 0 Å². The van der Waals surface area contributed by atoms with Crippen molar-refractivity contribution in [2.24, 2.45) is 0 Å². The predicted octanol–water partition coefficient (Wildman–Crippen LogP) is 5.31. The SMILES string of the molecule is O=C(c1c(F)cc(F)cc1F)c1csc2c(Br)cccc12. The van der Waals surface area contributed by atoms with E-state index in [1.165, 1.54) is 11.3 Å². The van der Waals surface area contributed by atoms with Crippen LogP contribution in [0, 0.1) is 17.5 Å². The molecule has 0 aliphatic heterocycles. The largest absolute Gasteiger partial charge is 0.288 e. The molecule has 0 saturated carbocycles. The summed E-state index contributed by atoms with van der Waals surface area (Å²) in [5, 5.41) is 2.14. The van der Waals surface area contributed by atoms with Crippen LogP contribution in [0.15, 0.2) is 40.2 Å². The summed E-state index contributed by atoms with van der Waals surface area (Å²) in [6, 6.07) is 6.24. The number of carbonyl (C=O) groups is 1. The summed E-state index contributed by atoms with van der Waals surface area (Å²) in [5.41, 5.74) is -0.545. The lowest BCUT2D eigenvalue weighted by Gasteiger charge is -2.04. The van der Waals surface area contributed by atoms with Gasteiger partial charge in [0, 0.05) is 37.6 Å². The van der Waals surface area contributed by atoms with Gasteiger partial charge in [0.05, 0.1) is 5.56 Å². The molecule has 1 aromatic heterocycles. The number of carbonyl (C=O) groups excluding carboxylic acids is 1. The van der Waals surface area contributed by atoms with Crippen molar-refractivity contribution in [3.8, 4) is 0 Å². The molecule has 2 aromatic carbocycles. The fourth-order valence-electron chi connectivity index (χ4n) is 2.09. The summed E-state index contributed by atoms with van der Waals surface area (Å²) in [6.07, 6.45) is 0. The maximum absolute atomic E-state index is 13.7. The Labute approximate surface area is 130 Å². The van der Waals surface area contributed by atoms with Gasteiger partial charge in [-0.15, -0.1) is 11.3 Å². The third-order valence-corrected chi connectivity index (χ3v) is 4.98. The second-order valence-corrected chi connectivity index (χ2v) is 6.07. The highest BCUT2D eigenvalue weighted by molar-refractivity contribution is 9.10. The van der Waals surface area contributed by atoms with E-state index in [2.05, 4.69) is 15.9 Å². The smallest absolute Gasteiger partial charge is 0.200 e. The predicted molar refractivity (Wildman–Crippen MR) is 79.3 cm³/mol. The van der Waals surface area contributed by atoms with E-state index < -0.39 is 28.8 Å². The Bertz CT molecular complexity index is 849. The van der Waals surface area contributed by atoms with Crippen LogP contribution in [0.1, 0.15) is 15.9 Å². The minimum Gasteiger partial charge on any atom is -0.288 e. The van der Waals surface area contributed by atoms with Crippen molar-refractivity contribution in [1.29, 1.82) is 0 Å². The lowest BCUT2D eigenvalue weighted by Crippen LogP contribution is -2.07.